The third kappa shape index (κ3) is 2.73. The molecule has 1 aromatic carbocycles. The second-order valence-electron chi connectivity index (χ2n) is 3.93. The van der Waals surface area contributed by atoms with E-state index in [1.54, 1.807) is 6.92 Å². The van der Waals surface area contributed by atoms with Crippen molar-refractivity contribution in [3.05, 3.63) is 46.9 Å². The molecule has 1 unspecified atom stereocenters. The van der Waals surface area contributed by atoms with Crippen LogP contribution in [0.25, 0.3) is 0 Å². The first-order valence-electron chi connectivity index (χ1n) is 5.21. The van der Waals surface area contributed by atoms with E-state index in [1.807, 2.05) is 0 Å². The second kappa shape index (κ2) is 4.61. The summed E-state index contributed by atoms with van der Waals surface area (Å²) in [5.41, 5.74) is 6.64. The van der Waals surface area contributed by atoms with E-state index in [0.29, 0.717) is 11.1 Å². The highest BCUT2D eigenvalue weighted by Gasteiger charge is 2.39. The minimum absolute atomic E-state index is 0.300. The zero-order valence-corrected chi connectivity index (χ0v) is 9.70. The van der Waals surface area contributed by atoms with Crippen molar-refractivity contribution < 1.29 is 22.1 Å². The molecule has 102 valence electrons. The fourth-order valence-electron chi connectivity index (χ4n) is 1.56. The minimum Gasteiger partial charge on any atom is -0.329 e. The van der Waals surface area contributed by atoms with Crippen LogP contribution in [0.2, 0.25) is 0 Å². The summed E-state index contributed by atoms with van der Waals surface area (Å²) in [6.45, 7) is 1.65. The Bertz CT molecular complexity index is 594. The summed E-state index contributed by atoms with van der Waals surface area (Å²) in [4.78, 5) is 3.18. The molecule has 19 heavy (non-hydrogen) atoms. The molecule has 0 aliphatic rings. The Kier molecular flexibility index (Phi) is 3.27. The van der Waals surface area contributed by atoms with Gasteiger partial charge in [-0.15, -0.1) is 0 Å². The van der Waals surface area contributed by atoms with Crippen LogP contribution in [0.3, 0.4) is 0 Å². The van der Waals surface area contributed by atoms with E-state index >= 15 is 0 Å². The average Bonchev–Trinajstić information content (AvgIpc) is 2.80. The topological polar surface area (TPSA) is 64.9 Å². The van der Waals surface area contributed by atoms with Crippen molar-refractivity contribution in [1.29, 1.82) is 0 Å². The van der Waals surface area contributed by atoms with Crippen LogP contribution in [0, 0.1) is 12.7 Å². The molecule has 1 aromatic heterocycles. The Morgan fingerprint density at radius 2 is 2.00 bits per heavy atom. The van der Waals surface area contributed by atoms with Crippen LogP contribution in [-0.4, -0.2) is 10.1 Å². The predicted octanol–water partition coefficient (Wildman–Crippen LogP) is 2.58. The zero-order chi connectivity index (χ0) is 14.2. The van der Waals surface area contributed by atoms with Crippen LogP contribution in [0.5, 0.6) is 0 Å². The first-order chi connectivity index (χ1) is 8.79. The van der Waals surface area contributed by atoms with Gasteiger partial charge in [0, 0.05) is 0 Å². The fourth-order valence-corrected chi connectivity index (χ4v) is 1.56. The van der Waals surface area contributed by atoms with Crippen molar-refractivity contribution in [1.82, 2.24) is 10.1 Å². The van der Waals surface area contributed by atoms with Gasteiger partial charge in [-0.2, -0.15) is 18.2 Å². The molecular weight excluding hydrogens is 266 g/mol. The first-order valence-corrected chi connectivity index (χ1v) is 5.21. The predicted molar refractivity (Wildman–Crippen MR) is 56.5 cm³/mol. The number of halogens is 4. The van der Waals surface area contributed by atoms with Gasteiger partial charge in [0.1, 0.15) is 5.82 Å². The largest absolute Gasteiger partial charge is 0.471 e. The molecule has 0 spiro atoms. The van der Waals surface area contributed by atoms with Crippen molar-refractivity contribution in [3.8, 4) is 0 Å². The number of aromatic nitrogens is 2. The Hall–Kier alpha value is -1.96. The monoisotopic (exact) mass is 275 g/mol. The highest BCUT2D eigenvalue weighted by atomic mass is 19.4. The van der Waals surface area contributed by atoms with Gasteiger partial charge in [-0.25, -0.2) is 4.39 Å². The van der Waals surface area contributed by atoms with Crippen LogP contribution in [0.4, 0.5) is 17.6 Å². The van der Waals surface area contributed by atoms with E-state index < -0.39 is 23.9 Å². The van der Waals surface area contributed by atoms with Crippen molar-refractivity contribution >= 4 is 0 Å². The number of hydrogen-bond donors (Lipinski definition) is 1. The quantitative estimate of drug-likeness (QED) is 0.855. The highest BCUT2D eigenvalue weighted by molar-refractivity contribution is 5.32. The fraction of sp³-hybridized carbons (Fsp3) is 0.273. The van der Waals surface area contributed by atoms with Gasteiger partial charge in [-0.1, -0.05) is 11.2 Å². The molecule has 0 saturated carbocycles. The van der Waals surface area contributed by atoms with E-state index in [1.165, 1.54) is 12.1 Å². The molecule has 8 heteroatoms. The molecule has 2 aromatic rings. The summed E-state index contributed by atoms with van der Waals surface area (Å²) >= 11 is 0. The molecule has 0 aliphatic heterocycles. The molecule has 1 heterocycles. The van der Waals surface area contributed by atoms with E-state index in [0.717, 1.165) is 6.07 Å². The molecular formula is C11H9F4N3O. The van der Waals surface area contributed by atoms with Crippen molar-refractivity contribution in [3.63, 3.8) is 0 Å². The maximum absolute atomic E-state index is 13.1. The molecule has 0 bridgehead atoms. The molecule has 0 aliphatic carbocycles. The van der Waals surface area contributed by atoms with Crippen molar-refractivity contribution in [2.45, 2.75) is 19.1 Å². The van der Waals surface area contributed by atoms with Gasteiger partial charge in [0.25, 0.3) is 0 Å². The SMILES string of the molecule is Cc1ccc(F)cc1C(N)c1noc(C(F)(F)F)n1. The van der Waals surface area contributed by atoms with Gasteiger partial charge in [-0.3, -0.25) is 0 Å². The molecule has 2 N–H and O–H groups in total. The average molecular weight is 275 g/mol. The summed E-state index contributed by atoms with van der Waals surface area (Å²) in [6, 6.07) is 2.73. The first kappa shape index (κ1) is 13.5. The van der Waals surface area contributed by atoms with Crippen LogP contribution in [-0.2, 0) is 6.18 Å². The van der Waals surface area contributed by atoms with Gasteiger partial charge >= 0.3 is 12.1 Å². The van der Waals surface area contributed by atoms with E-state index in [-0.39, 0.29) is 5.82 Å². The Balaban J connectivity index is 2.36. The minimum atomic E-state index is -4.73. The van der Waals surface area contributed by atoms with E-state index in [2.05, 4.69) is 14.7 Å². The number of hydrogen-bond acceptors (Lipinski definition) is 4. The zero-order valence-electron chi connectivity index (χ0n) is 9.70. The van der Waals surface area contributed by atoms with Crippen molar-refractivity contribution in [2.75, 3.05) is 0 Å². The lowest BCUT2D eigenvalue weighted by Gasteiger charge is -2.10. The molecule has 0 amide bonds. The second-order valence-corrected chi connectivity index (χ2v) is 3.93. The Labute approximate surface area is 105 Å². The Morgan fingerprint density at radius 3 is 2.58 bits per heavy atom. The third-order valence-electron chi connectivity index (χ3n) is 2.54. The summed E-state index contributed by atoms with van der Waals surface area (Å²) in [5.74, 6) is -2.37. The maximum atomic E-state index is 13.1. The molecule has 0 radical (unpaired) electrons. The lowest BCUT2D eigenvalue weighted by atomic mass is 10.0. The smallest absolute Gasteiger partial charge is 0.329 e. The van der Waals surface area contributed by atoms with Gasteiger partial charge in [-0.05, 0) is 30.2 Å². The van der Waals surface area contributed by atoms with E-state index in [4.69, 9.17) is 5.73 Å². The number of nitrogens with two attached hydrogens (primary N) is 1. The van der Waals surface area contributed by atoms with Crippen LogP contribution < -0.4 is 5.73 Å². The van der Waals surface area contributed by atoms with Gasteiger partial charge < -0.3 is 10.3 Å². The summed E-state index contributed by atoms with van der Waals surface area (Å²) < 4.78 is 54.1. The lowest BCUT2D eigenvalue weighted by molar-refractivity contribution is -0.159. The normalized spacial score (nSPS) is 13.6. The van der Waals surface area contributed by atoms with Crippen LogP contribution in [0.15, 0.2) is 22.7 Å². The van der Waals surface area contributed by atoms with Crippen LogP contribution >= 0.6 is 0 Å². The Morgan fingerprint density at radius 1 is 1.32 bits per heavy atom. The summed E-state index contributed by atoms with van der Waals surface area (Å²) in [7, 11) is 0. The van der Waals surface area contributed by atoms with E-state index in [9.17, 15) is 17.6 Å². The third-order valence-corrected chi connectivity index (χ3v) is 2.54. The van der Waals surface area contributed by atoms with Gasteiger partial charge in [0.15, 0.2) is 5.82 Å². The molecule has 2 rings (SSSR count). The van der Waals surface area contributed by atoms with Gasteiger partial charge in [0.05, 0.1) is 6.04 Å². The van der Waals surface area contributed by atoms with Gasteiger partial charge in [0.2, 0.25) is 0 Å². The number of benzene rings is 1. The summed E-state index contributed by atoms with van der Waals surface area (Å²) in [5, 5.41) is 3.18. The maximum Gasteiger partial charge on any atom is 0.471 e. The number of nitrogens with zero attached hydrogens (tertiary/aromatic N) is 2. The molecule has 4 nitrogen and oxygen atoms in total. The number of aryl methyl sites for hydroxylation is 1. The van der Waals surface area contributed by atoms with Crippen molar-refractivity contribution in [2.24, 2.45) is 5.73 Å². The standard InChI is InChI=1S/C11H9F4N3O/c1-5-2-3-6(12)4-7(5)8(16)9-17-10(19-18-9)11(13,14)15/h2-4,8H,16H2,1H3. The lowest BCUT2D eigenvalue weighted by Crippen LogP contribution is -2.16. The molecule has 1 atom stereocenters. The highest BCUT2D eigenvalue weighted by Crippen LogP contribution is 2.29. The summed E-state index contributed by atoms with van der Waals surface area (Å²) in [6.07, 6.45) is -4.73. The molecule has 0 saturated heterocycles. The number of alkyl halides is 3. The number of rotatable bonds is 2. The van der Waals surface area contributed by atoms with Crippen LogP contribution in [0.1, 0.15) is 28.9 Å². The molecule has 0 fully saturated rings.